The summed E-state index contributed by atoms with van der Waals surface area (Å²) in [5.74, 6) is 0. The highest BCUT2D eigenvalue weighted by atomic mass is 35.5. The Bertz CT molecular complexity index is 755. The Morgan fingerprint density at radius 3 is 2.62 bits per heavy atom. The molecule has 2 fully saturated rings. The van der Waals surface area contributed by atoms with Crippen molar-refractivity contribution in [3.63, 3.8) is 0 Å². The minimum atomic E-state index is 0.0970. The number of nitrogens with one attached hydrogen (secondary N) is 1. The molecule has 1 saturated heterocycles. The van der Waals surface area contributed by atoms with Crippen molar-refractivity contribution in [2.75, 3.05) is 31.1 Å². The number of thiazole rings is 1. The van der Waals surface area contributed by atoms with E-state index in [9.17, 15) is 4.79 Å². The van der Waals surface area contributed by atoms with E-state index >= 15 is 0 Å². The molecule has 26 heavy (non-hydrogen) atoms. The number of urea groups is 1. The molecule has 1 N–H and O–H groups in total. The average Bonchev–Trinajstić information content (AvgIpc) is 3.13. The zero-order valence-electron chi connectivity index (χ0n) is 15.1. The molecule has 2 heterocycles. The predicted molar refractivity (Wildman–Crippen MR) is 109 cm³/mol. The van der Waals surface area contributed by atoms with Gasteiger partial charge < -0.3 is 15.1 Å². The standard InChI is InChI=1S/C19H25ClN4OS/c1-13-7-8-15(20)17-16(13)22-19(26-17)24-11-9-23(10-12-24)18(25)21-14-5-3-2-4-6-14/h7-8,14H,2-6,9-12H2,1H3,(H,21,25). The molecule has 140 valence electrons. The van der Waals surface area contributed by atoms with Gasteiger partial charge >= 0.3 is 6.03 Å². The monoisotopic (exact) mass is 392 g/mol. The fourth-order valence-corrected chi connectivity index (χ4v) is 5.21. The number of carbonyl (C=O) groups excluding carboxylic acids is 1. The maximum atomic E-state index is 12.5. The second-order valence-corrected chi connectivity index (χ2v) is 8.68. The van der Waals surface area contributed by atoms with Crippen LogP contribution in [0.4, 0.5) is 9.93 Å². The molecule has 5 nitrogen and oxygen atoms in total. The molecule has 1 aliphatic carbocycles. The van der Waals surface area contributed by atoms with Crippen LogP contribution in [0.25, 0.3) is 10.2 Å². The van der Waals surface area contributed by atoms with Crippen molar-refractivity contribution in [3.8, 4) is 0 Å². The van der Waals surface area contributed by atoms with Gasteiger partial charge in [0, 0.05) is 32.2 Å². The number of hydrogen-bond acceptors (Lipinski definition) is 4. The number of aryl methyl sites for hydroxylation is 1. The van der Waals surface area contributed by atoms with Crippen molar-refractivity contribution in [2.24, 2.45) is 0 Å². The van der Waals surface area contributed by atoms with Crippen molar-refractivity contribution in [1.29, 1.82) is 0 Å². The maximum absolute atomic E-state index is 12.5. The topological polar surface area (TPSA) is 48.5 Å². The van der Waals surface area contributed by atoms with Gasteiger partial charge in [-0.3, -0.25) is 0 Å². The second kappa shape index (κ2) is 7.61. The summed E-state index contributed by atoms with van der Waals surface area (Å²) in [4.78, 5) is 21.5. The number of carbonyl (C=O) groups is 1. The Hall–Kier alpha value is -1.53. The molecule has 1 saturated carbocycles. The Kier molecular flexibility index (Phi) is 5.23. The van der Waals surface area contributed by atoms with Gasteiger partial charge in [0.2, 0.25) is 0 Å². The summed E-state index contributed by atoms with van der Waals surface area (Å²) in [6, 6.07) is 4.42. The lowest BCUT2D eigenvalue weighted by atomic mass is 9.96. The van der Waals surface area contributed by atoms with Gasteiger partial charge in [0.15, 0.2) is 5.13 Å². The van der Waals surface area contributed by atoms with Gasteiger partial charge in [0.05, 0.1) is 15.2 Å². The number of anilines is 1. The normalized spacial score (nSPS) is 19.2. The highest BCUT2D eigenvalue weighted by Gasteiger charge is 2.25. The van der Waals surface area contributed by atoms with E-state index < -0.39 is 0 Å². The Morgan fingerprint density at radius 1 is 1.19 bits per heavy atom. The van der Waals surface area contributed by atoms with Gasteiger partial charge in [0.1, 0.15) is 0 Å². The maximum Gasteiger partial charge on any atom is 0.317 e. The van der Waals surface area contributed by atoms with Crippen LogP contribution >= 0.6 is 22.9 Å². The first-order valence-electron chi connectivity index (χ1n) is 9.48. The van der Waals surface area contributed by atoms with Crippen LogP contribution in [-0.4, -0.2) is 48.1 Å². The minimum Gasteiger partial charge on any atom is -0.345 e. The van der Waals surface area contributed by atoms with Crippen molar-refractivity contribution >= 4 is 44.3 Å². The van der Waals surface area contributed by atoms with Crippen molar-refractivity contribution in [2.45, 2.75) is 45.1 Å². The summed E-state index contributed by atoms with van der Waals surface area (Å²) in [5.41, 5.74) is 2.15. The van der Waals surface area contributed by atoms with E-state index in [2.05, 4.69) is 17.1 Å². The highest BCUT2D eigenvalue weighted by Crippen LogP contribution is 2.35. The van der Waals surface area contributed by atoms with E-state index in [4.69, 9.17) is 16.6 Å². The summed E-state index contributed by atoms with van der Waals surface area (Å²) in [7, 11) is 0. The quantitative estimate of drug-likeness (QED) is 0.822. The molecule has 2 aliphatic rings. The Labute approximate surface area is 163 Å². The van der Waals surface area contributed by atoms with Crippen LogP contribution in [0.5, 0.6) is 0 Å². The molecular weight excluding hydrogens is 368 g/mol. The summed E-state index contributed by atoms with van der Waals surface area (Å²) in [6.45, 7) is 5.17. The number of hydrogen-bond donors (Lipinski definition) is 1. The van der Waals surface area contributed by atoms with Gasteiger partial charge in [-0.15, -0.1) is 0 Å². The smallest absolute Gasteiger partial charge is 0.317 e. The number of nitrogens with zero attached hydrogens (tertiary/aromatic N) is 3. The van der Waals surface area contributed by atoms with Crippen LogP contribution in [0.1, 0.15) is 37.7 Å². The van der Waals surface area contributed by atoms with Crippen LogP contribution in [0, 0.1) is 6.92 Å². The molecule has 0 bridgehead atoms. The Balaban J connectivity index is 1.38. The first-order valence-corrected chi connectivity index (χ1v) is 10.7. The third-order valence-electron chi connectivity index (χ3n) is 5.46. The lowest BCUT2D eigenvalue weighted by molar-refractivity contribution is 0.186. The van der Waals surface area contributed by atoms with Crippen molar-refractivity contribution < 1.29 is 4.79 Å². The van der Waals surface area contributed by atoms with Crippen LogP contribution in [0.3, 0.4) is 0 Å². The van der Waals surface area contributed by atoms with E-state index in [1.165, 1.54) is 19.3 Å². The SMILES string of the molecule is Cc1ccc(Cl)c2sc(N3CCN(C(=O)NC4CCCCC4)CC3)nc12. The van der Waals surface area contributed by atoms with Crippen molar-refractivity contribution in [3.05, 3.63) is 22.7 Å². The van der Waals surface area contributed by atoms with E-state index in [0.717, 1.165) is 65.0 Å². The third kappa shape index (κ3) is 3.62. The molecule has 0 atom stereocenters. The summed E-state index contributed by atoms with van der Waals surface area (Å²) < 4.78 is 1.05. The van der Waals surface area contributed by atoms with Crippen LogP contribution in [-0.2, 0) is 0 Å². The Morgan fingerprint density at radius 2 is 1.92 bits per heavy atom. The van der Waals surface area contributed by atoms with Gasteiger partial charge in [0.25, 0.3) is 0 Å². The third-order valence-corrected chi connectivity index (χ3v) is 7.03. The van der Waals surface area contributed by atoms with Gasteiger partial charge in [-0.2, -0.15) is 0 Å². The molecular formula is C19H25ClN4OS. The first kappa shape index (κ1) is 17.9. The van der Waals surface area contributed by atoms with Gasteiger partial charge in [-0.05, 0) is 31.4 Å². The van der Waals surface area contributed by atoms with E-state index in [-0.39, 0.29) is 6.03 Å². The molecule has 2 aromatic rings. The highest BCUT2D eigenvalue weighted by molar-refractivity contribution is 7.22. The summed E-state index contributed by atoms with van der Waals surface area (Å²) in [5, 5.41) is 4.98. The summed E-state index contributed by atoms with van der Waals surface area (Å²) >= 11 is 7.98. The molecule has 0 unspecified atom stereocenters. The lowest BCUT2D eigenvalue weighted by Crippen LogP contribution is -2.53. The van der Waals surface area contributed by atoms with Crippen molar-refractivity contribution in [1.82, 2.24) is 15.2 Å². The number of rotatable bonds is 2. The number of amides is 2. The molecule has 1 aromatic heterocycles. The van der Waals surface area contributed by atoms with Crippen LogP contribution in [0.15, 0.2) is 12.1 Å². The first-order chi connectivity index (χ1) is 12.6. The molecule has 1 aromatic carbocycles. The predicted octanol–water partition coefficient (Wildman–Crippen LogP) is 4.42. The van der Waals surface area contributed by atoms with Gasteiger partial charge in [-0.25, -0.2) is 9.78 Å². The number of aromatic nitrogens is 1. The number of fused-ring (bicyclic) bond motifs is 1. The molecule has 1 aliphatic heterocycles. The zero-order valence-corrected chi connectivity index (χ0v) is 16.7. The fraction of sp³-hybridized carbons (Fsp3) is 0.579. The number of halogens is 1. The van der Waals surface area contributed by atoms with E-state index in [0.29, 0.717) is 6.04 Å². The summed E-state index contributed by atoms with van der Waals surface area (Å²) in [6.07, 6.45) is 6.02. The molecule has 2 amide bonds. The number of benzene rings is 1. The largest absolute Gasteiger partial charge is 0.345 e. The molecule has 0 spiro atoms. The van der Waals surface area contributed by atoms with E-state index in [1.807, 2.05) is 17.0 Å². The zero-order chi connectivity index (χ0) is 18.1. The minimum absolute atomic E-state index is 0.0970. The van der Waals surface area contributed by atoms with E-state index in [1.54, 1.807) is 11.3 Å². The lowest BCUT2D eigenvalue weighted by Gasteiger charge is -2.35. The molecule has 0 radical (unpaired) electrons. The van der Waals surface area contributed by atoms with Crippen LogP contribution in [0.2, 0.25) is 5.02 Å². The van der Waals surface area contributed by atoms with Crippen LogP contribution < -0.4 is 10.2 Å². The average molecular weight is 393 g/mol. The fourth-order valence-electron chi connectivity index (χ4n) is 3.84. The molecule has 4 rings (SSSR count). The second-order valence-electron chi connectivity index (χ2n) is 7.30. The molecule has 7 heteroatoms. The number of piperazine rings is 1. The van der Waals surface area contributed by atoms with Gasteiger partial charge in [-0.1, -0.05) is 48.3 Å².